The topological polar surface area (TPSA) is 63.0 Å². The van der Waals surface area contributed by atoms with Crippen LogP contribution in [0.3, 0.4) is 0 Å². The van der Waals surface area contributed by atoms with Gasteiger partial charge in [-0.25, -0.2) is 9.98 Å². The Morgan fingerprint density at radius 3 is 1.63 bits per heavy atom. The van der Waals surface area contributed by atoms with Crippen molar-refractivity contribution < 1.29 is 8.83 Å². The quantitative estimate of drug-likeness (QED) is 0.175. The van der Waals surface area contributed by atoms with E-state index in [1.807, 2.05) is 48.5 Å². The number of aliphatic imine (C=N–C) groups is 2. The van der Waals surface area contributed by atoms with Gasteiger partial charge in [-0.15, -0.1) is 0 Å². The average molecular weight is 796 g/mol. The second-order valence-electron chi connectivity index (χ2n) is 15.8. The highest BCUT2D eigenvalue weighted by atomic mass is 16.3. The Morgan fingerprint density at radius 1 is 0.355 bits per heavy atom. The minimum atomic E-state index is -0.350. The average Bonchev–Trinajstić information content (AvgIpc) is 3.92. The monoisotopic (exact) mass is 795 g/mol. The van der Waals surface area contributed by atoms with Crippen LogP contribution in [-0.2, 0) is 0 Å². The fourth-order valence-corrected chi connectivity index (χ4v) is 8.82. The van der Waals surface area contributed by atoms with Crippen LogP contribution < -0.4 is 5.32 Å². The van der Waals surface area contributed by atoms with E-state index in [1.165, 1.54) is 16.7 Å². The molecule has 1 aliphatic rings. The lowest BCUT2D eigenvalue weighted by Gasteiger charge is -2.24. The van der Waals surface area contributed by atoms with Gasteiger partial charge in [-0.05, 0) is 92.5 Å². The number of hydrogen-bond donors (Lipinski definition) is 1. The van der Waals surface area contributed by atoms with Crippen molar-refractivity contribution in [1.82, 2.24) is 5.32 Å². The summed E-state index contributed by atoms with van der Waals surface area (Å²) in [4.78, 5) is 10.3. The summed E-state index contributed by atoms with van der Waals surface area (Å²) in [5, 5.41) is 8.07. The van der Waals surface area contributed by atoms with Gasteiger partial charge >= 0.3 is 0 Å². The van der Waals surface area contributed by atoms with Crippen LogP contribution in [0.1, 0.15) is 22.9 Å². The van der Waals surface area contributed by atoms with Gasteiger partial charge < -0.3 is 14.2 Å². The van der Waals surface area contributed by atoms with Crippen LogP contribution in [0.4, 0.5) is 0 Å². The maximum absolute atomic E-state index is 6.57. The van der Waals surface area contributed by atoms with Crippen molar-refractivity contribution in [3.63, 3.8) is 0 Å². The molecule has 0 aliphatic carbocycles. The standard InChI is InChI=1S/C57H37N3O2/c1-3-12-36(13-4-1)37-22-24-38(25-23-37)39-26-28-41(29-27-39)56-58-55(40-14-5-2-6-15-40)59-57(60-56)44-17-11-16-43(32-44)49-33-45(35-53-54(49)48-19-8-10-21-51(48)62-53)42-30-31-47-46-18-7-9-20-50(46)61-52(47)34-42/h1-35,56H,(H,58,59,60). The summed E-state index contributed by atoms with van der Waals surface area (Å²) in [5.74, 6) is 1.44. The summed E-state index contributed by atoms with van der Waals surface area (Å²) in [7, 11) is 0. The van der Waals surface area contributed by atoms with Gasteiger partial charge in [0.25, 0.3) is 0 Å². The van der Waals surface area contributed by atoms with Crippen molar-refractivity contribution in [1.29, 1.82) is 0 Å². The predicted molar refractivity (Wildman–Crippen MR) is 255 cm³/mol. The molecule has 0 bridgehead atoms. The van der Waals surface area contributed by atoms with Gasteiger partial charge in [0.15, 0.2) is 5.84 Å². The molecule has 62 heavy (non-hydrogen) atoms. The molecule has 0 saturated heterocycles. The number of fused-ring (bicyclic) bond motifs is 6. The van der Waals surface area contributed by atoms with Crippen LogP contribution in [0.25, 0.3) is 88.4 Å². The number of hydrogen-bond acceptors (Lipinski definition) is 5. The maximum atomic E-state index is 6.57. The SMILES string of the molecule is c1ccc(C2=NC(c3ccc(-c4ccc(-c5ccccc5)cc4)cc3)NC(c3cccc(-c4cc(-c5ccc6c(c5)oc5ccccc56)cc5oc6ccccc6c45)c3)=N2)cc1. The first-order chi connectivity index (χ1) is 30.7. The second kappa shape index (κ2) is 14.8. The highest BCUT2D eigenvalue weighted by molar-refractivity contribution is 6.16. The molecule has 292 valence electrons. The molecule has 3 heterocycles. The van der Waals surface area contributed by atoms with Gasteiger partial charge in [0.1, 0.15) is 34.3 Å². The van der Waals surface area contributed by atoms with Crippen LogP contribution in [0.15, 0.2) is 231 Å². The third-order valence-corrected chi connectivity index (χ3v) is 12.0. The number of nitrogens with one attached hydrogen (secondary N) is 1. The molecular weight excluding hydrogens is 759 g/mol. The number of amidine groups is 2. The molecule has 9 aromatic carbocycles. The van der Waals surface area contributed by atoms with Crippen LogP contribution >= 0.6 is 0 Å². The number of para-hydroxylation sites is 2. The Balaban J connectivity index is 0.923. The molecule has 5 heteroatoms. The number of nitrogens with zero attached hydrogens (tertiary/aromatic N) is 2. The van der Waals surface area contributed by atoms with E-state index >= 15 is 0 Å². The Kier molecular flexibility index (Phi) is 8.49. The van der Waals surface area contributed by atoms with E-state index in [0.29, 0.717) is 5.84 Å². The molecule has 0 radical (unpaired) electrons. The van der Waals surface area contributed by atoms with Crippen molar-refractivity contribution in [3.05, 3.63) is 229 Å². The van der Waals surface area contributed by atoms with Crippen molar-refractivity contribution in [2.45, 2.75) is 6.17 Å². The molecule has 11 aromatic rings. The molecule has 2 aromatic heterocycles. The number of furan rings is 2. The zero-order valence-corrected chi connectivity index (χ0v) is 33.5. The van der Waals surface area contributed by atoms with E-state index in [2.05, 4.69) is 169 Å². The lowest BCUT2D eigenvalue weighted by Crippen LogP contribution is -2.33. The van der Waals surface area contributed by atoms with Gasteiger partial charge in [-0.2, -0.15) is 0 Å². The van der Waals surface area contributed by atoms with Crippen molar-refractivity contribution >= 4 is 55.5 Å². The molecule has 0 fully saturated rings. The Hall–Kier alpha value is -8.28. The van der Waals surface area contributed by atoms with E-state index in [0.717, 1.165) is 94.2 Å². The van der Waals surface area contributed by atoms with Crippen LogP contribution in [0.2, 0.25) is 0 Å². The second-order valence-corrected chi connectivity index (χ2v) is 15.8. The van der Waals surface area contributed by atoms with Crippen molar-refractivity contribution in [3.8, 4) is 44.5 Å². The Bertz CT molecular complexity index is 3530. The lowest BCUT2D eigenvalue weighted by atomic mass is 9.93. The van der Waals surface area contributed by atoms with Gasteiger partial charge in [-0.3, -0.25) is 0 Å². The molecule has 12 rings (SSSR count). The first-order valence-corrected chi connectivity index (χ1v) is 20.9. The molecular formula is C57H37N3O2. The summed E-state index contributed by atoms with van der Waals surface area (Å²) in [6, 6.07) is 74.1. The van der Waals surface area contributed by atoms with E-state index in [9.17, 15) is 0 Å². The zero-order valence-electron chi connectivity index (χ0n) is 33.5. The van der Waals surface area contributed by atoms with Gasteiger partial charge in [0.05, 0.1) is 0 Å². The number of benzene rings is 9. The van der Waals surface area contributed by atoms with Crippen LogP contribution in [0, 0.1) is 0 Å². The molecule has 0 saturated carbocycles. The highest BCUT2D eigenvalue weighted by Crippen LogP contribution is 2.41. The summed E-state index contributed by atoms with van der Waals surface area (Å²) in [6.45, 7) is 0. The summed E-state index contributed by atoms with van der Waals surface area (Å²) < 4.78 is 12.9. The summed E-state index contributed by atoms with van der Waals surface area (Å²) >= 11 is 0. The lowest BCUT2D eigenvalue weighted by molar-refractivity contribution is 0.668. The molecule has 1 N–H and O–H groups in total. The summed E-state index contributed by atoms with van der Waals surface area (Å²) in [6.07, 6.45) is -0.350. The smallest absolute Gasteiger partial charge is 0.159 e. The van der Waals surface area contributed by atoms with Crippen molar-refractivity contribution in [2.75, 3.05) is 0 Å². The summed E-state index contributed by atoms with van der Waals surface area (Å²) in [5.41, 5.74) is 15.3. The van der Waals surface area contributed by atoms with E-state index in [-0.39, 0.29) is 6.17 Å². The van der Waals surface area contributed by atoms with Crippen molar-refractivity contribution in [2.24, 2.45) is 9.98 Å². The first kappa shape index (κ1) is 35.6. The van der Waals surface area contributed by atoms with E-state index in [4.69, 9.17) is 18.8 Å². The van der Waals surface area contributed by atoms with Gasteiger partial charge in [0.2, 0.25) is 0 Å². The first-order valence-electron chi connectivity index (χ1n) is 20.9. The van der Waals surface area contributed by atoms with Crippen LogP contribution in [0.5, 0.6) is 0 Å². The fourth-order valence-electron chi connectivity index (χ4n) is 8.82. The minimum absolute atomic E-state index is 0.350. The zero-order chi connectivity index (χ0) is 41.0. The van der Waals surface area contributed by atoms with Crippen LogP contribution in [-0.4, -0.2) is 11.7 Å². The minimum Gasteiger partial charge on any atom is -0.456 e. The Morgan fingerprint density at radius 2 is 0.887 bits per heavy atom. The van der Waals surface area contributed by atoms with Gasteiger partial charge in [-0.1, -0.05) is 170 Å². The third-order valence-electron chi connectivity index (χ3n) is 12.0. The third kappa shape index (κ3) is 6.35. The number of rotatable bonds is 7. The molecule has 1 unspecified atom stereocenters. The molecule has 5 nitrogen and oxygen atoms in total. The van der Waals surface area contributed by atoms with E-state index in [1.54, 1.807) is 0 Å². The largest absolute Gasteiger partial charge is 0.456 e. The van der Waals surface area contributed by atoms with E-state index < -0.39 is 0 Å². The predicted octanol–water partition coefficient (Wildman–Crippen LogP) is 14.6. The normalized spacial score (nSPS) is 14.0. The Labute approximate surface area is 358 Å². The highest BCUT2D eigenvalue weighted by Gasteiger charge is 2.23. The maximum Gasteiger partial charge on any atom is 0.159 e. The molecule has 0 amide bonds. The fraction of sp³-hybridized carbons (Fsp3) is 0.0175. The molecule has 1 atom stereocenters. The molecule has 1 aliphatic heterocycles. The molecule has 0 spiro atoms. The van der Waals surface area contributed by atoms with Gasteiger partial charge in [0, 0.05) is 32.7 Å².